The molecule has 0 bridgehead atoms. The normalized spacial score (nSPS) is 12.2. The maximum atomic E-state index is 2.43. The van der Waals surface area contributed by atoms with Gasteiger partial charge in [-0.1, -0.05) is 734 Å². The van der Waals surface area contributed by atoms with Crippen LogP contribution in [0.4, 0.5) is 0 Å². The molecule has 2 atom stereocenters. The molecule has 0 radical (unpaired) electrons. The fourth-order valence-corrected chi connectivity index (χ4v) is 20.3. The van der Waals surface area contributed by atoms with E-state index in [1.165, 1.54) is 527 Å². The number of hydrogen-bond acceptors (Lipinski definition) is 0. The molecular weight excluding hydrogens is 1610 g/mol. The first-order chi connectivity index (χ1) is 64.7. The molecule has 134 heavy (non-hydrogen) atoms. The van der Waals surface area contributed by atoms with Crippen molar-refractivity contribution in [2.24, 2.45) is 94.7 Å². The molecule has 0 saturated heterocycles. The summed E-state index contributed by atoms with van der Waals surface area (Å²) in [6, 6.07) is 0. The summed E-state index contributed by atoms with van der Waals surface area (Å²) in [5.41, 5.74) is 0. The molecule has 0 aromatic carbocycles. The Morgan fingerprint density at radius 2 is 0.194 bits per heavy atom. The van der Waals surface area contributed by atoms with Gasteiger partial charge in [-0.3, -0.25) is 0 Å². The van der Waals surface area contributed by atoms with Crippen LogP contribution in [-0.4, -0.2) is 0 Å². The minimum Gasteiger partial charge on any atom is -0.0885 e. The fraction of sp³-hybridized carbons (Fsp3) is 0.970. The molecule has 0 aromatic heterocycles. The van der Waals surface area contributed by atoms with E-state index in [0.29, 0.717) is 0 Å². The fourth-order valence-electron chi connectivity index (χ4n) is 20.3. The summed E-state index contributed by atoms with van der Waals surface area (Å²) >= 11 is 0. The van der Waals surface area contributed by atoms with Crippen LogP contribution in [0.5, 0.6) is 0 Å². The summed E-state index contributed by atoms with van der Waals surface area (Å²) in [5.74, 6) is 14.9. The molecule has 0 aromatic rings. The molecule has 0 rings (SSSR count). The van der Waals surface area contributed by atoms with Crippen LogP contribution in [-0.2, 0) is 0 Å². The summed E-state index contributed by atoms with van der Waals surface area (Å²) < 4.78 is 0. The number of allylic oxidation sites excluding steroid dienone is 4. The average molecular weight is 1890 g/mol. The second-order valence-corrected chi connectivity index (χ2v) is 47.0. The van der Waals surface area contributed by atoms with Crippen molar-refractivity contribution in [3.8, 4) is 0 Å². The van der Waals surface area contributed by atoms with E-state index in [4.69, 9.17) is 0 Å². The standard InChI is InChI=1S/C20H42.C19H40.C18H38.C18H34.C17H36.C16H34.C14H30.C12H26/c1-5-7-9-11-13-15-17-20(19(3)4)18-16-14-12-10-8-6-2;1-5-7-9-11-13-15-17-19(18(3)4)16-14-12-10-8-6-2;2*1-5-7-9-11-13-15-18(17(3)4)16-14-12-10-8-6-2;1-5-7-9-11-13-15-17(16(3)4)14-12-10-8-6-2;1-5-7-9-11-13-16(15(3)4)14-12-10-8-6-2;1-5-7-9-11-14(13(3)4)12-10-8-6-2;1-5-7-9-12(11(3)4)10-8-6-2/h19-20H,5-18H2,1-4H3;18-19H,5-17H2,1-4H3;17-18H,5-16H2,1-4H3;9-12,17-18H,5-8,13-16H2,1-4H3;16-17H,5-15H2,1-4H3;15-16H,5-14H2,1-4H3;13-14H,5-12H2,1-4H3;11-12H,5-10H2,1-4H3/b;;;11-9+,12-10+;;;;. The average Bonchev–Trinajstić information content (AvgIpc) is 1.00. The Balaban J connectivity index is -0.000000227. The lowest BCUT2D eigenvalue weighted by atomic mass is 9.85. The first-order valence-corrected chi connectivity index (χ1v) is 64.0. The summed E-state index contributed by atoms with van der Waals surface area (Å²) in [6.07, 6.45) is 126. The van der Waals surface area contributed by atoms with Crippen molar-refractivity contribution >= 4 is 0 Å². The highest BCUT2D eigenvalue weighted by Crippen LogP contribution is 2.33. The first kappa shape index (κ1) is 149. The van der Waals surface area contributed by atoms with Gasteiger partial charge in [-0.25, -0.2) is 0 Å². The van der Waals surface area contributed by atoms with Crippen LogP contribution in [0.15, 0.2) is 24.3 Å². The predicted octanol–water partition coefficient (Wildman–Crippen LogP) is 51.5. The lowest BCUT2D eigenvalue weighted by Crippen LogP contribution is -2.08. The van der Waals surface area contributed by atoms with E-state index < -0.39 is 0 Å². The highest BCUT2D eigenvalue weighted by molar-refractivity contribution is 4.85. The van der Waals surface area contributed by atoms with Crippen LogP contribution >= 0.6 is 0 Å². The van der Waals surface area contributed by atoms with E-state index in [1.54, 1.807) is 0 Å². The summed E-state index contributed by atoms with van der Waals surface area (Å²) in [4.78, 5) is 0. The number of hydrogen-bond donors (Lipinski definition) is 0. The third kappa shape index (κ3) is 126. The van der Waals surface area contributed by atoms with Crippen molar-refractivity contribution in [1.29, 1.82) is 0 Å². The molecule has 0 saturated carbocycles. The minimum atomic E-state index is 0.823. The van der Waals surface area contributed by atoms with Crippen LogP contribution in [0.2, 0.25) is 0 Å². The van der Waals surface area contributed by atoms with Crippen molar-refractivity contribution in [1.82, 2.24) is 0 Å². The van der Waals surface area contributed by atoms with Gasteiger partial charge in [0.05, 0.1) is 0 Å². The predicted molar refractivity (Wildman–Crippen MR) is 634 cm³/mol. The van der Waals surface area contributed by atoms with Crippen LogP contribution in [0, 0.1) is 94.7 Å². The molecule has 0 N–H and O–H groups in total. The molecule has 0 nitrogen and oxygen atoms in total. The zero-order chi connectivity index (χ0) is 102. The SMILES string of the molecule is CCC/C=C/CCC(CC/C=C/CCC)C(C)C.CCCCC(CCCC)C(C)C.CCCCCC(CCCCC)C(C)C.CCCCCCC(CCCCCC)C(C)C.CCCCCCCC(CCCCCC)C(C)C.CCCCCCCC(CCCCCCC)C(C)C.CCCCCCCCC(CCCCCCC)C(C)C.CCCCCCCCC(CCCCCCCC)C(C)C. The van der Waals surface area contributed by atoms with Gasteiger partial charge in [0.25, 0.3) is 0 Å². The molecule has 0 aliphatic rings. The van der Waals surface area contributed by atoms with Gasteiger partial charge in [0.2, 0.25) is 0 Å². The van der Waals surface area contributed by atoms with Gasteiger partial charge in [0, 0.05) is 0 Å². The quantitative estimate of drug-likeness (QED) is 0.0421. The smallest absolute Gasteiger partial charge is 0.0348 e. The van der Waals surface area contributed by atoms with Crippen LogP contribution < -0.4 is 0 Å². The topological polar surface area (TPSA) is 0 Å². The summed E-state index contributed by atoms with van der Waals surface area (Å²) in [6.45, 7) is 75.1. The second kappa shape index (κ2) is 129. The van der Waals surface area contributed by atoms with E-state index in [1.807, 2.05) is 0 Å². The van der Waals surface area contributed by atoms with Gasteiger partial charge in [-0.2, -0.15) is 0 Å². The molecule has 0 heteroatoms. The molecule has 0 spiro atoms. The third-order valence-corrected chi connectivity index (χ3v) is 31.2. The Labute approximate surface area is 861 Å². The van der Waals surface area contributed by atoms with Crippen LogP contribution in [0.1, 0.15) is 748 Å². The second-order valence-electron chi connectivity index (χ2n) is 47.0. The van der Waals surface area contributed by atoms with Gasteiger partial charge < -0.3 is 0 Å². The van der Waals surface area contributed by atoms with Gasteiger partial charge >= 0.3 is 0 Å². The molecule has 0 aliphatic carbocycles. The van der Waals surface area contributed by atoms with Gasteiger partial charge in [-0.05, 0) is 133 Å². The molecule has 0 amide bonds. The Hall–Kier alpha value is -0.520. The molecule has 816 valence electrons. The monoisotopic (exact) mass is 1890 g/mol. The van der Waals surface area contributed by atoms with Crippen LogP contribution in [0.25, 0.3) is 0 Å². The molecular formula is C134H280. The van der Waals surface area contributed by atoms with Crippen molar-refractivity contribution in [2.45, 2.75) is 748 Å². The number of unbranched alkanes of at least 4 members (excludes halogenated alkanes) is 48. The van der Waals surface area contributed by atoms with Crippen LogP contribution in [0.3, 0.4) is 0 Å². The van der Waals surface area contributed by atoms with E-state index in [0.717, 1.165) is 94.7 Å². The zero-order valence-electron chi connectivity index (χ0n) is 102. The highest BCUT2D eigenvalue weighted by atomic mass is 14.3. The Kier molecular flexibility index (Phi) is 143. The van der Waals surface area contributed by atoms with Crippen molar-refractivity contribution < 1.29 is 0 Å². The maximum Gasteiger partial charge on any atom is -0.0348 e. The Morgan fingerprint density at radius 1 is 0.0970 bits per heavy atom. The third-order valence-electron chi connectivity index (χ3n) is 31.2. The lowest BCUT2D eigenvalue weighted by Gasteiger charge is -2.20. The van der Waals surface area contributed by atoms with E-state index in [2.05, 4.69) is 246 Å². The van der Waals surface area contributed by atoms with E-state index in [-0.39, 0.29) is 0 Å². The van der Waals surface area contributed by atoms with Gasteiger partial charge in [-0.15, -0.1) is 0 Å². The lowest BCUT2D eigenvalue weighted by molar-refractivity contribution is 0.312. The Bertz CT molecular complexity index is 1890. The number of rotatable bonds is 92. The highest BCUT2D eigenvalue weighted by Gasteiger charge is 2.20. The van der Waals surface area contributed by atoms with Gasteiger partial charge in [0.15, 0.2) is 0 Å². The van der Waals surface area contributed by atoms with Crippen molar-refractivity contribution in [2.75, 3.05) is 0 Å². The molecule has 0 heterocycles. The summed E-state index contributed by atoms with van der Waals surface area (Å²) in [5, 5.41) is 0. The molecule has 2 unspecified atom stereocenters. The maximum absolute atomic E-state index is 2.43. The minimum absolute atomic E-state index is 0.823. The Morgan fingerprint density at radius 3 is 0.328 bits per heavy atom. The molecule has 0 fully saturated rings. The van der Waals surface area contributed by atoms with E-state index >= 15 is 0 Å². The molecule has 0 aliphatic heterocycles. The van der Waals surface area contributed by atoms with Gasteiger partial charge in [0.1, 0.15) is 0 Å². The summed E-state index contributed by atoms with van der Waals surface area (Å²) in [7, 11) is 0. The largest absolute Gasteiger partial charge is 0.0885 e. The van der Waals surface area contributed by atoms with Crippen molar-refractivity contribution in [3.63, 3.8) is 0 Å². The zero-order valence-corrected chi connectivity index (χ0v) is 102. The van der Waals surface area contributed by atoms with E-state index in [9.17, 15) is 0 Å². The first-order valence-electron chi connectivity index (χ1n) is 64.0. The van der Waals surface area contributed by atoms with Crippen molar-refractivity contribution in [3.05, 3.63) is 24.3 Å².